The highest BCUT2D eigenvalue weighted by atomic mass is 31.2. The summed E-state index contributed by atoms with van der Waals surface area (Å²) in [4.78, 5) is 6.01. The second kappa shape index (κ2) is 5.96. The molecule has 96 valence electrons. The fraction of sp³-hybridized carbons (Fsp3) is 0. The predicted octanol–water partition coefficient (Wildman–Crippen LogP) is 3.80. The number of nitrogens with zero attached hydrogens (tertiary/aromatic N) is 2. The molecule has 0 radical (unpaired) electrons. The monoisotopic (exact) mass is 276 g/mol. The molecule has 2 aromatic rings. The van der Waals surface area contributed by atoms with Gasteiger partial charge in [-0.25, -0.2) is 4.57 Å². The Hall–Kier alpha value is -2.42. The molecule has 0 aromatic heterocycles. The van der Waals surface area contributed by atoms with E-state index in [0.717, 1.165) is 0 Å². The van der Waals surface area contributed by atoms with Crippen molar-refractivity contribution in [3.8, 4) is 11.5 Å². The highest BCUT2D eigenvalue weighted by Crippen LogP contribution is 2.49. The molecule has 7 heteroatoms. The van der Waals surface area contributed by atoms with Gasteiger partial charge in [-0.05, 0) is 24.3 Å². The lowest BCUT2D eigenvalue weighted by molar-refractivity contribution is 0.384. The van der Waals surface area contributed by atoms with E-state index < -0.39 is 7.75 Å². The van der Waals surface area contributed by atoms with E-state index in [1.165, 1.54) is 0 Å². The van der Waals surface area contributed by atoms with Gasteiger partial charge in [0.2, 0.25) is 4.91 Å². The smallest absolute Gasteiger partial charge is 0.395 e. The summed E-state index contributed by atoms with van der Waals surface area (Å²) in [6.07, 6.45) is 0. The van der Waals surface area contributed by atoms with E-state index in [2.05, 4.69) is 9.80 Å². The maximum atomic E-state index is 12.3. The molecule has 0 saturated heterocycles. The highest BCUT2D eigenvalue weighted by molar-refractivity contribution is 7.52. The zero-order valence-corrected chi connectivity index (χ0v) is 10.7. The van der Waals surface area contributed by atoms with Crippen LogP contribution >= 0.6 is 7.75 Å². The quantitative estimate of drug-likeness (QED) is 0.512. The largest absolute Gasteiger partial charge is 0.640 e. The van der Waals surface area contributed by atoms with Gasteiger partial charge in [-0.15, -0.1) is 0 Å². The van der Waals surface area contributed by atoms with Crippen LogP contribution in [-0.2, 0) is 4.57 Å². The molecule has 0 atom stereocenters. The van der Waals surface area contributed by atoms with E-state index in [0.29, 0.717) is 11.5 Å². The standard InChI is InChI=1S/C12H11N3O3P/c13-14-15-19(16,17-11-7-3-1-4-8-11)18-12-9-5-2-6-10-12/h1-10,13H/q+1. The predicted molar refractivity (Wildman–Crippen MR) is 69.0 cm³/mol. The molecular weight excluding hydrogens is 265 g/mol. The Kier molecular flexibility index (Phi) is 4.08. The van der Waals surface area contributed by atoms with E-state index in [-0.39, 0.29) is 0 Å². The van der Waals surface area contributed by atoms with Gasteiger partial charge in [0.15, 0.2) is 0 Å². The summed E-state index contributed by atoms with van der Waals surface area (Å²) in [7, 11) is -3.89. The number of hydrogen-bond acceptors (Lipinski definition) is 4. The van der Waals surface area contributed by atoms with Crippen LogP contribution in [0.4, 0.5) is 0 Å². The van der Waals surface area contributed by atoms with E-state index in [9.17, 15) is 4.57 Å². The summed E-state index contributed by atoms with van der Waals surface area (Å²) >= 11 is 0. The Morgan fingerprint density at radius 2 is 1.32 bits per heavy atom. The molecule has 0 saturated carbocycles. The van der Waals surface area contributed by atoms with Crippen LogP contribution in [0.5, 0.6) is 11.5 Å². The van der Waals surface area contributed by atoms with Gasteiger partial charge in [0.25, 0.3) is 4.88 Å². The van der Waals surface area contributed by atoms with Crippen molar-refractivity contribution in [2.75, 3.05) is 0 Å². The van der Waals surface area contributed by atoms with Crippen molar-refractivity contribution in [2.24, 2.45) is 4.88 Å². The molecular formula is C12H11N3O3P+. The fourth-order valence-corrected chi connectivity index (χ4v) is 2.34. The molecule has 0 aliphatic carbocycles. The van der Waals surface area contributed by atoms with E-state index in [1.54, 1.807) is 60.7 Å². The van der Waals surface area contributed by atoms with Gasteiger partial charge < -0.3 is 9.05 Å². The minimum atomic E-state index is -3.89. The maximum Gasteiger partial charge on any atom is 0.640 e. The van der Waals surface area contributed by atoms with Crippen molar-refractivity contribution in [3.05, 3.63) is 60.7 Å². The van der Waals surface area contributed by atoms with E-state index >= 15 is 0 Å². The first-order chi connectivity index (χ1) is 9.22. The number of nitrogens with one attached hydrogen (secondary N) is 1. The molecule has 0 fully saturated rings. The number of rotatable bonds is 5. The molecule has 0 heterocycles. The molecule has 0 aliphatic heterocycles. The Morgan fingerprint density at radius 1 is 0.895 bits per heavy atom. The van der Waals surface area contributed by atoms with Gasteiger partial charge in [-0.3, -0.25) is 0 Å². The van der Waals surface area contributed by atoms with Crippen molar-refractivity contribution in [1.82, 2.24) is 4.91 Å². The minimum Gasteiger partial charge on any atom is -0.395 e. The van der Waals surface area contributed by atoms with Crippen molar-refractivity contribution >= 4 is 7.75 Å². The topological polar surface area (TPSA) is 85.8 Å². The third-order valence-electron chi connectivity index (χ3n) is 2.08. The first-order valence-corrected chi connectivity index (χ1v) is 6.90. The lowest BCUT2D eigenvalue weighted by Crippen LogP contribution is -1.98. The van der Waals surface area contributed by atoms with Crippen molar-refractivity contribution in [2.45, 2.75) is 0 Å². The van der Waals surface area contributed by atoms with E-state index in [4.69, 9.17) is 14.6 Å². The normalized spacial score (nSPS) is 10.3. The molecule has 19 heavy (non-hydrogen) atoms. The van der Waals surface area contributed by atoms with Crippen LogP contribution in [-0.4, -0.2) is 0 Å². The van der Waals surface area contributed by atoms with Crippen LogP contribution in [0.2, 0.25) is 0 Å². The molecule has 2 aromatic carbocycles. The van der Waals surface area contributed by atoms with Gasteiger partial charge in [-0.2, -0.15) is 0 Å². The fourth-order valence-electron chi connectivity index (χ4n) is 1.34. The average Bonchev–Trinajstić information content (AvgIpc) is 2.41. The van der Waals surface area contributed by atoms with Gasteiger partial charge in [0.05, 0.1) is 0 Å². The number of para-hydroxylation sites is 2. The summed E-state index contributed by atoms with van der Waals surface area (Å²) in [5.41, 5.74) is 6.72. The van der Waals surface area contributed by atoms with Gasteiger partial charge in [0, 0.05) is 0 Å². The second-order valence-electron chi connectivity index (χ2n) is 3.47. The van der Waals surface area contributed by atoms with Crippen LogP contribution in [0.15, 0.2) is 65.5 Å². The van der Waals surface area contributed by atoms with Crippen LogP contribution in [0.25, 0.3) is 0 Å². The van der Waals surface area contributed by atoms with E-state index in [1.807, 2.05) is 0 Å². The van der Waals surface area contributed by atoms with Crippen molar-refractivity contribution in [1.29, 1.82) is 5.53 Å². The van der Waals surface area contributed by atoms with Gasteiger partial charge in [-0.1, -0.05) is 36.4 Å². The van der Waals surface area contributed by atoms with Gasteiger partial charge in [0.1, 0.15) is 17.0 Å². The lowest BCUT2D eigenvalue weighted by Gasteiger charge is -2.10. The summed E-state index contributed by atoms with van der Waals surface area (Å²) in [5.74, 6) is 0.656. The molecule has 6 nitrogen and oxygen atoms in total. The molecule has 0 bridgehead atoms. The van der Waals surface area contributed by atoms with Crippen LogP contribution < -0.4 is 14.0 Å². The Morgan fingerprint density at radius 3 is 1.68 bits per heavy atom. The Bertz CT molecular complexity index is 582. The molecule has 0 amide bonds. The number of hydrogen-bond donors (Lipinski definition) is 1. The highest BCUT2D eigenvalue weighted by Gasteiger charge is 2.35. The Balaban J connectivity index is 2.23. The van der Waals surface area contributed by atoms with Crippen LogP contribution in [0.1, 0.15) is 0 Å². The third kappa shape index (κ3) is 3.78. The first kappa shape index (κ1) is 13.0. The zero-order valence-electron chi connectivity index (χ0n) is 9.84. The molecule has 0 unspecified atom stereocenters. The summed E-state index contributed by atoms with van der Waals surface area (Å²) in [6.45, 7) is 0. The SMILES string of the molecule is N=[N+]=NP(=O)(Oc1ccccc1)Oc1ccccc1. The second-order valence-corrected chi connectivity index (χ2v) is 4.95. The average molecular weight is 276 g/mol. The third-order valence-corrected chi connectivity index (χ3v) is 3.27. The summed E-state index contributed by atoms with van der Waals surface area (Å²) in [5, 5.41) is 0. The Labute approximate surface area is 109 Å². The molecule has 0 spiro atoms. The molecule has 1 N–H and O–H groups in total. The number of benzene rings is 2. The first-order valence-electron chi connectivity index (χ1n) is 5.40. The maximum absolute atomic E-state index is 12.3. The summed E-state index contributed by atoms with van der Waals surface area (Å²) in [6, 6.07) is 16.9. The minimum absolute atomic E-state index is 0.328. The lowest BCUT2D eigenvalue weighted by atomic mass is 10.3. The molecule has 0 aliphatic rings. The van der Waals surface area contributed by atoms with Crippen LogP contribution in [0.3, 0.4) is 0 Å². The van der Waals surface area contributed by atoms with Crippen molar-refractivity contribution in [3.63, 3.8) is 0 Å². The van der Waals surface area contributed by atoms with Crippen molar-refractivity contribution < 1.29 is 13.6 Å². The van der Waals surface area contributed by atoms with Crippen LogP contribution in [0, 0.1) is 5.53 Å². The summed E-state index contributed by atoms with van der Waals surface area (Å²) < 4.78 is 22.7. The zero-order chi connectivity index (χ0) is 13.6. The molecule has 2 rings (SSSR count). The van der Waals surface area contributed by atoms with Gasteiger partial charge >= 0.3 is 7.75 Å².